The number of nitrogens with zero attached hydrogens (tertiary/aromatic N) is 1. The number of amides is 1. The van der Waals surface area contributed by atoms with E-state index in [0.717, 1.165) is 19.5 Å². The van der Waals surface area contributed by atoms with Gasteiger partial charge < -0.3 is 15.0 Å². The molecule has 110 valence electrons. The van der Waals surface area contributed by atoms with Gasteiger partial charge in [0, 0.05) is 19.7 Å². The summed E-state index contributed by atoms with van der Waals surface area (Å²) in [4.78, 5) is 14.9. The average Bonchev–Trinajstić information content (AvgIpc) is 3.23. The van der Waals surface area contributed by atoms with Crippen molar-refractivity contribution in [1.82, 2.24) is 10.2 Å². The average molecular weight is 268 g/mol. The molecule has 1 saturated heterocycles. The Hall–Kier alpha value is -0.610. The number of piperidine rings is 1. The van der Waals surface area contributed by atoms with E-state index in [2.05, 4.69) is 24.1 Å². The molecular weight excluding hydrogens is 240 g/mol. The largest absolute Gasteiger partial charge is 0.383 e. The highest BCUT2D eigenvalue weighted by Gasteiger charge is 2.38. The van der Waals surface area contributed by atoms with Crippen molar-refractivity contribution >= 4 is 5.91 Å². The van der Waals surface area contributed by atoms with Crippen LogP contribution in [-0.4, -0.2) is 49.7 Å². The monoisotopic (exact) mass is 268 g/mol. The molecule has 2 aliphatic rings. The van der Waals surface area contributed by atoms with E-state index in [-0.39, 0.29) is 11.9 Å². The maximum atomic E-state index is 12.8. The van der Waals surface area contributed by atoms with Gasteiger partial charge in [-0.15, -0.1) is 0 Å². The Balaban J connectivity index is 2.00. The molecule has 0 bridgehead atoms. The molecule has 1 heterocycles. The van der Waals surface area contributed by atoms with Crippen molar-refractivity contribution in [2.75, 3.05) is 26.8 Å². The summed E-state index contributed by atoms with van der Waals surface area (Å²) < 4.78 is 5.17. The molecule has 4 heteroatoms. The van der Waals surface area contributed by atoms with Gasteiger partial charge >= 0.3 is 0 Å². The maximum Gasteiger partial charge on any atom is 0.240 e. The van der Waals surface area contributed by atoms with Crippen molar-refractivity contribution in [2.45, 2.75) is 51.6 Å². The smallest absolute Gasteiger partial charge is 0.240 e. The lowest BCUT2D eigenvalue weighted by molar-refractivity contribution is -0.138. The number of methoxy groups -OCH3 is 1. The second kappa shape index (κ2) is 6.71. The standard InChI is InChI=1S/C15H28N2O2/c1-11-5-4-8-16-14(11)15(18)17(9-10-19-3)12(2)13-6-7-13/h11-14,16H,4-10H2,1-3H3. The van der Waals surface area contributed by atoms with Crippen molar-refractivity contribution in [3.8, 4) is 0 Å². The molecule has 0 aromatic heterocycles. The lowest BCUT2D eigenvalue weighted by atomic mass is 9.91. The number of nitrogens with one attached hydrogen (secondary N) is 1. The van der Waals surface area contributed by atoms with Crippen LogP contribution in [-0.2, 0) is 9.53 Å². The number of ether oxygens (including phenoxy) is 1. The van der Waals surface area contributed by atoms with Crippen LogP contribution in [0.15, 0.2) is 0 Å². The Morgan fingerprint density at radius 2 is 2.16 bits per heavy atom. The molecule has 3 unspecified atom stereocenters. The highest BCUT2D eigenvalue weighted by Crippen LogP contribution is 2.35. The molecule has 1 N–H and O–H groups in total. The molecule has 0 spiro atoms. The van der Waals surface area contributed by atoms with Gasteiger partial charge in [0.25, 0.3) is 0 Å². The highest BCUT2D eigenvalue weighted by atomic mass is 16.5. The lowest BCUT2D eigenvalue weighted by Gasteiger charge is -2.37. The summed E-state index contributed by atoms with van der Waals surface area (Å²) in [7, 11) is 1.70. The topological polar surface area (TPSA) is 41.6 Å². The SMILES string of the molecule is COCCN(C(=O)C1NCCCC1C)C(C)C1CC1. The van der Waals surface area contributed by atoms with Gasteiger partial charge in [0.2, 0.25) is 5.91 Å². The molecule has 0 radical (unpaired) electrons. The zero-order valence-electron chi connectivity index (χ0n) is 12.5. The third kappa shape index (κ3) is 3.69. The van der Waals surface area contributed by atoms with Crippen LogP contribution in [0.5, 0.6) is 0 Å². The third-order valence-electron chi connectivity index (χ3n) is 4.65. The van der Waals surface area contributed by atoms with Gasteiger partial charge in [0.1, 0.15) is 0 Å². The Morgan fingerprint density at radius 1 is 1.42 bits per heavy atom. The van der Waals surface area contributed by atoms with Crippen LogP contribution in [0.2, 0.25) is 0 Å². The quantitative estimate of drug-likeness (QED) is 0.796. The molecule has 1 aliphatic heterocycles. The molecule has 2 fully saturated rings. The lowest BCUT2D eigenvalue weighted by Crippen LogP contribution is -2.55. The van der Waals surface area contributed by atoms with Gasteiger partial charge in [-0.2, -0.15) is 0 Å². The van der Waals surface area contributed by atoms with Gasteiger partial charge in [0.05, 0.1) is 12.6 Å². The third-order valence-corrected chi connectivity index (χ3v) is 4.65. The van der Waals surface area contributed by atoms with Gasteiger partial charge in [-0.05, 0) is 51.0 Å². The molecular formula is C15H28N2O2. The minimum Gasteiger partial charge on any atom is -0.383 e. The summed E-state index contributed by atoms with van der Waals surface area (Å²) in [6.07, 6.45) is 4.87. The molecule has 4 nitrogen and oxygen atoms in total. The first-order valence-corrected chi connectivity index (χ1v) is 7.68. The summed E-state index contributed by atoms with van der Waals surface area (Å²) in [5.74, 6) is 1.43. The van der Waals surface area contributed by atoms with Gasteiger partial charge in [-0.3, -0.25) is 4.79 Å². The van der Waals surface area contributed by atoms with Crippen LogP contribution in [0.4, 0.5) is 0 Å². The van der Waals surface area contributed by atoms with E-state index >= 15 is 0 Å². The first-order chi connectivity index (χ1) is 9.15. The van der Waals surface area contributed by atoms with Crippen molar-refractivity contribution in [3.05, 3.63) is 0 Å². The first-order valence-electron chi connectivity index (χ1n) is 7.68. The highest BCUT2D eigenvalue weighted by molar-refractivity contribution is 5.82. The number of hydrogen-bond donors (Lipinski definition) is 1. The number of carbonyl (C=O) groups excluding carboxylic acids is 1. The Kier molecular flexibility index (Phi) is 5.22. The number of carbonyl (C=O) groups is 1. The zero-order chi connectivity index (χ0) is 13.8. The molecule has 1 aliphatic carbocycles. The van der Waals surface area contributed by atoms with Crippen molar-refractivity contribution in [1.29, 1.82) is 0 Å². The summed E-state index contributed by atoms with van der Waals surface area (Å²) >= 11 is 0. The maximum absolute atomic E-state index is 12.8. The van der Waals surface area contributed by atoms with Crippen LogP contribution in [0.3, 0.4) is 0 Å². The van der Waals surface area contributed by atoms with E-state index in [9.17, 15) is 4.79 Å². The normalized spacial score (nSPS) is 29.0. The van der Waals surface area contributed by atoms with Gasteiger partial charge in [-0.25, -0.2) is 0 Å². The van der Waals surface area contributed by atoms with Crippen LogP contribution in [0.1, 0.15) is 39.5 Å². The van der Waals surface area contributed by atoms with E-state index < -0.39 is 0 Å². The van der Waals surface area contributed by atoms with Crippen LogP contribution in [0, 0.1) is 11.8 Å². The molecule has 3 atom stereocenters. The van der Waals surface area contributed by atoms with E-state index in [1.165, 1.54) is 19.3 Å². The van der Waals surface area contributed by atoms with Gasteiger partial charge in [-0.1, -0.05) is 6.92 Å². The minimum atomic E-state index is 0.00630. The zero-order valence-corrected chi connectivity index (χ0v) is 12.5. The van der Waals surface area contributed by atoms with Crippen LogP contribution >= 0.6 is 0 Å². The van der Waals surface area contributed by atoms with Crippen molar-refractivity contribution in [2.24, 2.45) is 11.8 Å². The number of hydrogen-bond acceptors (Lipinski definition) is 3. The molecule has 1 saturated carbocycles. The Labute approximate surface area is 116 Å². The van der Waals surface area contributed by atoms with Crippen LogP contribution < -0.4 is 5.32 Å². The predicted octanol–water partition coefficient (Wildman–Crippen LogP) is 1.65. The Bertz CT molecular complexity index is 305. The molecule has 0 aromatic rings. The van der Waals surface area contributed by atoms with Gasteiger partial charge in [0.15, 0.2) is 0 Å². The fourth-order valence-corrected chi connectivity index (χ4v) is 3.10. The summed E-state index contributed by atoms with van der Waals surface area (Å²) in [5.41, 5.74) is 0. The van der Waals surface area contributed by atoms with Crippen molar-refractivity contribution in [3.63, 3.8) is 0 Å². The van der Waals surface area contributed by atoms with E-state index in [0.29, 0.717) is 24.5 Å². The first kappa shape index (κ1) is 14.8. The molecule has 1 amide bonds. The second-order valence-corrected chi connectivity index (χ2v) is 6.15. The van der Waals surface area contributed by atoms with Crippen LogP contribution in [0.25, 0.3) is 0 Å². The molecule has 19 heavy (non-hydrogen) atoms. The summed E-state index contributed by atoms with van der Waals surface area (Å²) in [6, 6.07) is 0.366. The fraction of sp³-hybridized carbons (Fsp3) is 0.933. The fourth-order valence-electron chi connectivity index (χ4n) is 3.10. The Morgan fingerprint density at radius 3 is 2.74 bits per heavy atom. The van der Waals surface area contributed by atoms with Crippen molar-refractivity contribution < 1.29 is 9.53 Å². The second-order valence-electron chi connectivity index (χ2n) is 6.15. The van der Waals surface area contributed by atoms with E-state index in [4.69, 9.17) is 4.74 Å². The number of rotatable bonds is 6. The van der Waals surface area contributed by atoms with E-state index in [1.807, 2.05) is 0 Å². The summed E-state index contributed by atoms with van der Waals surface area (Å²) in [5, 5.41) is 3.41. The molecule has 2 rings (SSSR count). The molecule has 0 aromatic carbocycles. The minimum absolute atomic E-state index is 0.00630. The van der Waals surface area contributed by atoms with E-state index in [1.54, 1.807) is 7.11 Å². The summed E-state index contributed by atoms with van der Waals surface area (Å²) in [6.45, 7) is 6.70. The predicted molar refractivity (Wildman–Crippen MR) is 76.0 cm³/mol.